The average Bonchev–Trinajstić information content (AvgIpc) is 3.19. The van der Waals surface area contributed by atoms with Gasteiger partial charge in [-0.05, 0) is 13.8 Å². The van der Waals surface area contributed by atoms with Gasteiger partial charge in [0.25, 0.3) is 0 Å². The Hall–Kier alpha value is -2.07. The van der Waals surface area contributed by atoms with Crippen LogP contribution in [0.1, 0.15) is 21.3 Å². The Balaban J connectivity index is 1.66. The van der Waals surface area contributed by atoms with Crippen molar-refractivity contribution >= 4 is 28.5 Å². The van der Waals surface area contributed by atoms with Gasteiger partial charge in [-0.25, -0.2) is 9.97 Å². The van der Waals surface area contributed by atoms with Gasteiger partial charge in [0.2, 0.25) is 0 Å². The lowest BCUT2D eigenvalue weighted by molar-refractivity contribution is -0.137. The minimum Gasteiger partial charge on any atom is -0.297 e. The molecule has 0 saturated carbocycles. The maximum Gasteiger partial charge on any atom is 0.419 e. The summed E-state index contributed by atoms with van der Waals surface area (Å²) < 4.78 is 38.6. The molecule has 0 atom stereocenters. The van der Waals surface area contributed by atoms with Crippen LogP contribution < -0.4 is 0 Å². The van der Waals surface area contributed by atoms with Crippen LogP contribution in [0.4, 0.5) is 13.2 Å². The molecule has 0 aliphatic rings. The van der Waals surface area contributed by atoms with E-state index < -0.39 is 11.7 Å². The molecule has 3 heterocycles. The van der Waals surface area contributed by atoms with Gasteiger partial charge in [-0.2, -0.15) is 18.3 Å². The van der Waals surface area contributed by atoms with E-state index in [9.17, 15) is 18.0 Å². The van der Waals surface area contributed by atoms with Gasteiger partial charge in [0.05, 0.1) is 46.0 Å². The molecule has 0 bridgehead atoms. The summed E-state index contributed by atoms with van der Waals surface area (Å²) in [5.41, 5.74) is 0.795. The van der Waals surface area contributed by atoms with Gasteiger partial charge in [0, 0.05) is 11.6 Å². The van der Waals surface area contributed by atoms with Crippen LogP contribution in [-0.4, -0.2) is 25.5 Å². The first kappa shape index (κ1) is 17.7. The third-order valence-electron chi connectivity index (χ3n) is 3.34. The zero-order valence-corrected chi connectivity index (χ0v) is 14.9. The summed E-state index contributed by atoms with van der Waals surface area (Å²) in [6, 6.07) is 0. The smallest absolute Gasteiger partial charge is 0.297 e. The summed E-state index contributed by atoms with van der Waals surface area (Å²) in [6.45, 7) is 3.60. The van der Waals surface area contributed by atoms with E-state index in [1.807, 2.05) is 19.2 Å². The summed E-state index contributed by atoms with van der Waals surface area (Å²) >= 11 is 2.88. The number of carbonyl (C=O) groups excluding carboxylic acids is 1. The zero-order valence-electron chi connectivity index (χ0n) is 13.3. The van der Waals surface area contributed by atoms with Crippen LogP contribution in [0.2, 0.25) is 0 Å². The number of rotatable bonds is 5. The van der Waals surface area contributed by atoms with Crippen LogP contribution in [0.5, 0.6) is 0 Å². The summed E-state index contributed by atoms with van der Waals surface area (Å²) in [5.74, 6) is -0.255. The molecule has 0 unspecified atom stereocenters. The Morgan fingerprint density at radius 2 is 2.04 bits per heavy atom. The van der Waals surface area contributed by atoms with E-state index in [4.69, 9.17) is 0 Å². The quantitative estimate of drug-likeness (QED) is 0.667. The second-order valence-electron chi connectivity index (χ2n) is 5.41. The highest BCUT2D eigenvalue weighted by atomic mass is 32.1. The first-order valence-electron chi connectivity index (χ1n) is 7.22. The first-order chi connectivity index (χ1) is 11.7. The van der Waals surface area contributed by atoms with Crippen LogP contribution in [-0.2, 0) is 23.9 Å². The molecule has 0 aliphatic carbocycles. The first-order valence-corrected chi connectivity index (χ1v) is 8.92. The lowest BCUT2D eigenvalue weighted by Crippen LogP contribution is -2.13. The number of hydrogen-bond acceptors (Lipinski definition) is 6. The molecule has 132 valence electrons. The molecule has 3 aromatic rings. The van der Waals surface area contributed by atoms with E-state index in [1.165, 1.54) is 22.7 Å². The summed E-state index contributed by atoms with van der Waals surface area (Å²) in [4.78, 5) is 21.8. The number of nitrogens with zero attached hydrogens (tertiary/aromatic N) is 4. The third kappa shape index (κ3) is 4.13. The predicted octanol–water partition coefficient (Wildman–Crippen LogP) is 3.91. The summed E-state index contributed by atoms with van der Waals surface area (Å²) in [5, 5.41) is 7.00. The SMILES string of the molecule is Cc1nc(C)c(-c2csc(CC(=O)Cn3cc(C(F)(F)F)cn3)n2)s1. The van der Waals surface area contributed by atoms with E-state index in [0.29, 0.717) is 11.2 Å². The Morgan fingerprint density at radius 1 is 1.28 bits per heavy atom. The van der Waals surface area contributed by atoms with Gasteiger partial charge < -0.3 is 0 Å². The molecule has 0 aliphatic heterocycles. The van der Waals surface area contributed by atoms with E-state index in [1.54, 1.807) is 0 Å². The van der Waals surface area contributed by atoms with Gasteiger partial charge in [0.15, 0.2) is 5.78 Å². The zero-order chi connectivity index (χ0) is 18.2. The lowest BCUT2D eigenvalue weighted by Gasteiger charge is -2.01. The summed E-state index contributed by atoms with van der Waals surface area (Å²) in [6.07, 6.45) is -2.86. The molecule has 0 aromatic carbocycles. The monoisotopic (exact) mass is 386 g/mol. The Bertz CT molecular complexity index is 910. The Morgan fingerprint density at radius 3 is 2.64 bits per heavy atom. The van der Waals surface area contributed by atoms with Crippen molar-refractivity contribution in [2.24, 2.45) is 0 Å². The molecule has 0 fully saturated rings. The molecule has 0 radical (unpaired) electrons. The van der Waals surface area contributed by atoms with Crippen molar-refractivity contribution in [3.05, 3.63) is 39.0 Å². The van der Waals surface area contributed by atoms with Gasteiger partial charge in [-0.3, -0.25) is 9.48 Å². The number of ketones is 1. The third-order valence-corrected chi connectivity index (χ3v) is 5.28. The van der Waals surface area contributed by atoms with Crippen molar-refractivity contribution in [3.63, 3.8) is 0 Å². The molecule has 0 spiro atoms. The molecule has 5 nitrogen and oxygen atoms in total. The number of carbonyl (C=O) groups is 1. The number of hydrogen-bond donors (Lipinski definition) is 0. The van der Waals surface area contributed by atoms with E-state index in [2.05, 4.69) is 15.1 Å². The van der Waals surface area contributed by atoms with Crippen molar-refractivity contribution in [2.45, 2.75) is 33.0 Å². The van der Waals surface area contributed by atoms with Crippen molar-refractivity contribution in [2.75, 3.05) is 0 Å². The number of aromatic nitrogens is 4. The lowest BCUT2D eigenvalue weighted by atomic mass is 10.3. The van der Waals surface area contributed by atoms with Crippen LogP contribution >= 0.6 is 22.7 Å². The molecule has 0 N–H and O–H groups in total. The number of alkyl halides is 3. The molecular weight excluding hydrogens is 373 g/mol. The van der Waals surface area contributed by atoms with Crippen LogP contribution in [0.3, 0.4) is 0 Å². The van der Waals surface area contributed by atoms with E-state index >= 15 is 0 Å². The van der Waals surface area contributed by atoms with E-state index in [-0.39, 0.29) is 18.7 Å². The van der Waals surface area contributed by atoms with Gasteiger partial charge >= 0.3 is 6.18 Å². The summed E-state index contributed by atoms with van der Waals surface area (Å²) in [7, 11) is 0. The van der Waals surface area contributed by atoms with Gasteiger partial charge in [0.1, 0.15) is 5.01 Å². The molecule has 3 rings (SSSR count). The van der Waals surface area contributed by atoms with Crippen LogP contribution in [0.25, 0.3) is 10.6 Å². The fraction of sp³-hybridized carbons (Fsp3) is 0.333. The van der Waals surface area contributed by atoms with Crippen molar-refractivity contribution in [1.29, 1.82) is 0 Å². The molecule has 0 amide bonds. The van der Waals surface area contributed by atoms with Crippen molar-refractivity contribution in [1.82, 2.24) is 19.7 Å². The second-order valence-corrected chi connectivity index (χ2v) is 7.56. The highest BCUT2D eigenvalue weighted by Gasteiger charge is 2.32. The fourth-order valence-electron chi connectivity index (χ4n) is 2.27. The normalized spacial score (nSPS) is 11.9. The standard InChI is InChI=1S/C15H13F3N4OS2/c1-8-14(25-9(2)20-8)12-7-24-13(21-12)3-11(23)6-22-5-10(4-19-22)15(16,17)18/h4-5,7H,3,6H2,1-2H3. The molecule has 0 saturated heterocycles. The van der Waals surface area contributed by atoms with Gasteiger partial charge in [-0.15, -0.1) is 22.7 Å². The largest absolute Gasteiger partial charge is 0.419 e. The second kappa shape index (κ2) is 6.68. The molecular formula is C15H13F3N4OS2. The minimum absolute atomic E-state index is 0.0582. The average molecular weight is 386 g/mol. The predicted molar refractivity (Wildman–Crippen MR) is 88.6 cm³/mol. The number of thiazole rings is 2. The molecule has 3 aromatic heterocycles. The van der Waals surface area contributed by atoms with Crippen LogP contribution in [0, 0.1) is 13.8 Å². The number of Topliss-reactive ketones (excluding diaryl/α,β-unsaturated/α-hetero) is 1. The topological polar surface area (TPSA) is 60.7 Å². The number of halogens is 3. The maximum atomic E-state index is 12.5. The Kier molecular flexibility index (Phi) is 4.74. The molecule has 25 heavy (non-hydrogen) atoms. The van der Waals surface area contributed by atoms with Crippen molar-refractivity contribution in [3.8, 4) is 10.6 Å². The minimum atomic E-state index is -4.46. The molecule has 10 heteroatoms. The number of aryl methyl sites for hydroxylation is 2. The van der Waals surface area contributed by atoms with Crippen molar-refractivity contribution < 1.29 is 18.0 Å². The van der Waals surface area contributed by atoms with Crippen LogP contribution in [0.15, 0.2) is 17.8 Å². The van der Waals surface area contributed by atoms with Gasteiger partial charge in [-0.1, -0.05) is 0 Å². The Labute approximate surface area is 149 Å². The maximum absolute atomic E-state index is 12.5. The van der Waals surface area contributed by atoms with E-state index in [0.717, 1.165) is 32.2 Å². The highest BCUT2D eigenvalue weighted by Crippen LogP contribution is 2.31. The fourth-order valence-corrected chi connectivity index (χ4v) is 4.04. The highest BCUT2D eigenvalue weighted by molar-refractivity contribution is 7.16.